The van der Waals surface area contributed by atoms with Gasteiger partial charge in [0.2, 0.25) is 5.95 Å². The van der Waals surface area contributed by atoms with Crippen LogP contribution in [-0.2, 0) is 14.6 Å². The van der Waals surface area contributed by atoms with E-state index in [4.69, 9.17) is 26.5 Å². The molecule has 43 heavy (non-hydrogen) atoms. The number of anilines is 3. The first kappa shape index (κ1) is 33.0. The third kappa shape index (κ3) is 9.04. The van der Waals surface area contributed by atoms with Crippen LogP contribution in [-0.4, -0.2) is 80.6 Å². The number of piperidine rings is 1. The van der Waals surface area contributed by atoms with Crippen molar-refractivity contribution >= 4 is 43.9 Å². The molecule has 1 saturated heterocycles. The zero-order valence-electron chi connectivity index (χ0n) is 25.7. The minimum absolute atomic E-state index is 0.0286. The van der Waals surface area contributed by atoms with Crippen molar-refractivity contribution in [3.63, 3.8) is 0 Å². The fourth-order valence-corrected chi connectivity index (χ4v) is 6.78. The fraction of sp³-hybridized carbons (Fsp3) is 0.567. The van der Waals surface area contributed by atoms with Gasteiger partial charge in [0, 0.05) is 26.9 Å². The number of nitrogens with zero attached hydrogens (tertiary/aromatic N) is 3. The molecule has 4 rings (SSSR count). The van der Waals surface area contributed by atoms with Crippen molar-refractivity contribution in [2.24, 2.45) is 5.92 Å². The maximum absolute atomic E-state index is 12.8. The molecule has 0 atom stereocenters. The summed E-state index contributed by atoms with van der Waals surface area (Å²) in [6.07, 6.45) is 7.25. The van der Waals surface area contributed by atoms with Gasteiger partial charge in [-0.15, -0.1) is 0 Å². The van der Waals surface area contributed by atoms with E-state index in [-0.39, 0.29) is 40.3 Å². The Balaban J connectivity index is 1.56. The molecule has 13 heteroatoms. The van der Waals surface area contributed by atoms with Crippen molar-refractivity contribution in [3.8, 4) is 5.75 Å². The van der Waals surface area contributed by atoms with Crippen LogP contribution in [0.15, 0.2) is 30.2 Å². The Morgan fingerprint density at radius 1 is 1.23 bits per heavy atom. The molecule has 1 aromatic heterocycles. The summed E-state index contributed by atoms with van der Waals surface area (Å²) in [5.74, 6) is 1.36. The first-order valence-corrected chi connectivity index (χ1v) is 16.8. The first-order chi connectivity index (χ1) is 20.5. The van der Waals surface area contributed by atoms with Crippen molar-refractivity contribution in [2.75, 3.05) is 56.8 Å². The Kier molecular flexibility index (Phi) is 11.3. The normalized spacial score (nSPS) is 16.8. The number of likely N-dealkylation sites (tertiary alicyclic amines) is 1. The van der Waals surface area contributed by atoms with E-state index in [1.54, 1.807) is 28.0 Å². The largest absolute Gasteiger partial charge is 0.488 e. The minimum atomic E-state index is -3.82. The van der Waals surface area contributed by atoms with Crippen LogP contribution in [0.1, 0.15) is 56.6 Å². The van der Waals surface area contributed by atoms with Crippen molar-refractivity contribution in [3.05, 3.63) is 46.4 Å². The quantitative estimate of drug-likeness (QED) is 0.165. The van der Waals surface area contributed by atoms with Crippen LogP contribution >= 0.6 is 11.6 Å². The number of nitrogens with one attached hydrogen (secondary N) is 4. The van der Waals surface area contributed by atoms with Gasteiger partial charge in [-0.2, -0.15) is 4.98 Å². The number of halogens is 1. The Hall–Kier alpha value is -2.93. The van der Waals surface area contributed by atoms with Crippen LogP contribution in [0.2, 0.25) is 5.02 Å². The summed E-state index contributed by atoms with van der Waals surface area (Å²) < 4.78 is 37.1. The lowest BCUT2D eigenvalue weighted by Gasteiger charge is -2.33. The second kappa shape index (κ2) is 14.7. The molecular formula is C30H44ClN7O4S. The monoisotopic (exact) mass is 633 g/mol. The number of sulfone groups is 1. The van der Waals surface area contributed by atoms with Crippen molar-refractivity contribution in [1.29, 1.82) is 5.41 Å². The first-order valence-electron chi connectivity index (χ1n) is 14.8. The Morgan fingerprint density at radius 3 is 2.58 bits per heavy atom. The lowest BCUT2D eigenvalue weighted by molar-refractivity contribution is 0.130. The number of methoxy groups -OCH3 is 1. The third-order valence-electron chi connectivity index (χ3n) is 7.47. The summed E-state index contributed by atoms with van der Waals surface area (Å²) in [6.45, 7) is 9.50. The standard InChI is InChI=1S/C30H44ClN7O4S/c1-19(2)18-43(39,40)28(32)26(17-33-4)35-29-24(31)16-34-30(37-29)36-25-14-20(3)23(15-27(25)42-22-6-7-22)21-8-10-38(11-9-21)12-13-41-5/h14-17,19,21-22,32-33H,6-13,18H2,1-5H3,(H2,34,35,36,37)/b26-17+,32-28?. The number of rotatable bonds is 14. The molecule has 2 fully saturated rings. The van der Waals surface area contributed by atoms with Gasteiger partial charge in [0.1, 0.15) is 10.8 Å². The second-order valence-electron chi connectivity index (χ2n) is 11.6. The molecule has 1 saturated carbocycles. The van der Waals surface area contributed by atoms with Gasteiger partial charge < -0.3 is 30.3 Å². The van der Waals surface area contributed by atoms with E-state index in [0.717, 1.165) is 68.9 Å². The van der Waals surface area contributed by atoms with Gasteiger partial charge >= 0.3 is 0 Å². The van der Waals surface area contributed by atoms with E-state index in [9.17, 15) is 8.42 Å². The van der Waals surface area contributed by atoms with Gasteiger partial charge in [0.05, 0.1) is 36.0 Å². The Bertz CT molecular complexity index is 1420. The molecule has 4 N–H and O–H groups in total. The lowest BCUT2D eigenvalue weighted by Crippen LogP contribution is -2.35. The Morgan fingerprint density at radius 2 is 1.95 bits per heavy atom. The van der Waals surface area contributed by atoms with Crippen LogP contribution in [0.3, 0.4) is 0 Å². The molecule has 1 aromatic carbocycles. The van der Waals surface area contributed by atoms with Gasteiger partial charge in [-0.25, -0.2) is 13.4 Å². The molecular weight excluding hydrogens is 590 g/mol. The molecule has 2 aromatic rings. The maximum Gasteiger partial charge on any atom is 0.229 e. The zero-order chi connectivity index (χ0) is 31.1. The minimum Gasteiger partial charge on any atom is -0.488 e. The molecule has 0 radical (unpaired) electrons. The highest BCUT2D eigenvalue weighted by atomic mass is 35.5. The molecule has 1 aliphatic heterocycles. The van der Waals surface area contributed by atoms with Crippen molar-refractivity contribution in [2.45, 2.75) is 58.5 Å². The average Bonchev–Trinajstić information content (AvgIpc) is 3.78. The van der Waals surface area contributed by atoms with Crippen LogP contribution in [0.5, 0.6) is 5.75 Å². The van der Waals surface area contributed by atoms with E-state index >= 15 is 0 Å². The molecule has 0 amide bonds. The van der Waals surface area contributed by atoms with E-state index in [1.165, 1.54) is 18.0 Å². The summed E-state index contributed by atoms with van der Waals surface area (Å²) >= 11 is 6.41. The molecule has 1 aliphatic carbocycles. The molecule has 0 unspecified atom stereocenters. The number of hydrogen-bond donors (Lipinski definition) is 4. The summed E-state index contributed by atoms with van der Waals surface area (Å²) in [7, 11) is -0.461. The van der Waals surface area contributed by atoms with E-state index in [0.29, 0.717) is 5.92 Å². The number of hydrogen-bond acceptors (Lipinski definition) is 11. The number of ether oxygens (including phenoxy) is 2. The van der Waals surface area contributed by atoms with Crippen LogP contribution in [0, 0.1) is 18.3 Å². The van der Waals surface area contributed by atoms with Crippen LogP contribution in [0.25, 0.3) is 0 Å². The van der Waals surface area contributed by atoms with Crippen molar-refractivity contribution < 1.29 is 17.9 Å². The lowest BCUT2D eigenvalue weighted by atomic mass is 9.86. The smallest absolute Gasteiger partial charge is 0.229 e. The zero-order valence-corrected chi connectivity index (χ0v) is 27.2. The van der Waals surface area contributed by atoms with Gasteiger partial charge in [-0.05, 0) is 80.8 Å². The number of benzene rings is 1. The molecule has 11 nitrogen and oxygen atoms in total. The Labute approximate surface area is 260 Å². The van der Waals surface area contributed by atoms with Crippen molar-refractivity contribution in [1.82, 2.24) is 20.2 Å². The van der Waals surface area contributed by atoms with Gasteiger partial charge in [-0.3, -0.25) is 5.41 Å². The predicted molar refractivity (Wildman–Crippen MR) is 173 cm³/mol. The van der Waals surface area contributed by atoms with Crippen LogP contribution in [0.4, 0.5) is 17.5 Å². The summed E-state index contributed by atoms with van der Waals surface area (Å²) in [5.41, 5.74) is 3.24. The molecule has 0 spiro atoms. The van der Waals surface area contributed by atoms with E-state index < -0.39 is 14.9 Å². The SMILES string of the molecule is CN/C=C(/Nc1nc(Nc2cc(C)c(C3CCN(CCOC)CC3)cc2OC2CC2)ncc1Cl)C(=N)S(=O)(=O)CC(C)C. The highest BCUT2D eigenvalue weighted by Crippen LogP contribution is 2.40. The molecule has 2 heterocycles. The molecule has 0 bridgehead atoms. The van der Waals surface area contributed by atoms with Gasteiger partial charge in [-0.1, -0.05) is 25.4 Å². The highest BCUT2D eigenvalue weighted by molar-refractivity contribution is 8.06. The van der Waals surface area contributed by atoms with E-state index in [2.05, 4.69) is 49.9 Å². The van der Waals surface area contributed by atoms with Gasteiger partial charge in [0.15, 0.2) is 20.7 Å². The topological polar surface area (TPSA) is 142 Å². The summed E-state index contributed by atoms with van der Waals surface area (Å²) in [6, 6.07) is 4.24. The predicted octanol–water partition coefficient (Wildman–Crippen LogP) is 5.07. The second-order valence-corrected chi connectivity index (χ2v) is 14.0. The number of aromatic nitrogens is 2. The molecule has 236 valence electrons. The summed E-state index contributed by atoms with van der Waals surface area (Å²) in [5, 5.41) is 17.0. The highest BCUT2D eigenvalue weighted by Gasteiger charge is 2.28. The molecule has 2 aliphatic rings. The summed E-state index contributed by atoms with van der Waals surface area (Å²) in [4.78, 5) is 11.3. The van der Waals surface area contributed by atoms with Gasteiger partial charge in [0.25, 0.3) is 0 Å². The number of aryl methyl sites for hydroxylation is 1. The van der Waals surface area contributed by atoms with E-state index in [1.807, 2.05) is 0 Å². The maximum atomic E-state index is 12.8. The average molecular weight is 634 g/mol. The van der Waals surface area contributed by atoms with Crippen LogP contribution < -0.4 is 20.7 Å². The fourth-order valence-electron chi connectivity index (χ4n) is 5.15. The third-order valence-corrected chi connectivity index (χ3v) is 9.69.